The maximum atomic E-state index is 12.9. The molecule has 1 aromatic heterocycles. The summed E-state index contributed by atoms with van der Waals surface area (Å²) in [5.41, 5.74) is 3.00. The van der Waals surface area contributed by atoms with E-state index in [0.717, 1.165) is 22.0 Å². The predicted octanol–water partition coefficient (Wildman–Crippen LogP) is 5.27. The lowest BCUT2D eigenvalue weighted by molar-refractivity contribution is 0.103. The van der Waals surface area contributed by atoms with Gasteiger partial charge in [0.2, 0.25) is 0 Å². The number of hydrogen-bond acceptors (Lipinski definition) is 3. The smallest absolute Gasteiger partial charge is 0.189 e. The summed E-state index contributed by atoms with van der Waals surface area (Å²) >= 11 is 0. The normalized spacial score (nSPS) is 14.9. The van der Waals surface area contributed by atoms with Crippen LogP contribution < -0.4 is 9.47 Å². The largest absolute Gasteiger partial charge is 0.496 e. The number of allylic oxidation sites excluding steroid dienone is 1. The molecule has 2 heterocycles. The van der Waals surface area contributed by atoms with Crippen LogP contribution in [0.25, 0.3) is 23.1 Å². The number of hydrogen-bond donors (Lipinski definition) is 0. The van der Waals surface area contributed by atoms with Gasteiger partial charge in [0.25, 0.3) is 0 Å². The lowest BCUT2D eigenvalue weighted by Crippen LogP contribution is -2.28. The quantitative estimate of drug-likeness (QED) is 0.462. The highest BCUT2D eigenvalue weighted by Gasteiger charge is 2.27. The van der Waals surface area contributed by atoms with Crippen LogP contribution >= 0.6 is 0 Å². The molecule has 2 aromatic carbocycles. The van der Waals surface area contributed by atoms with E-state index < -0.39 is 5.60 Å². The van der Waals surface area contributed by atoms with Gasteiger partial charge in [-0.25, -0.2) is 0 Å². The number of ether oxygens (including phenoxy) is 2. The number of methoxy groups -OCH3 is 1. The van der Waals surface area contributed by atoms with Gasteiger partial charge in [-0.2, -0.15) is 0 Å². The first-order valence-corrected chi connectivity index (χ1v) is 9.25. The van der Waals surface area contributed by atoms with Crippen molar-refractivity contribution in [3.05, 3.63) is 71.4 Å². The zero-order valence-electron chi connectivity index (χ0n) is 16.5. The second kappa shape index (κ2) is 6.71. The molecule has 1 aliphatic heterocycles. The van der Waals surface area contributed by atoms with Crippen molar-refractivity contribution in [2.45, 2.75) is 19.4 Å². The summed E-state index contributed by atoms with van der Waals surface area (Å²) in [6.07, 6.45) is 9.40. The van der Waals surface area contributed by atoms with Crippen LogP contribution in [0.5, 0.6) is 11.5 Å². The molecule has 0 saturated heterocycles. The summed E-state index contributed by atoms with van der Waals surface area (Å²) in [4.78, 5) is 12.9. The molecule has 28 heavy (non-hydrogen) atoms. The molecule has 0 N–H and O–H groups in total. The van der Waals surface area contributed by atoms with E-state index in [0.29, 0.717) is 17.1 Å². The predicted molar refractivity (Wildman–Crippen MR) is 113 cm³/mol. The number of benzene rings is 2. The van der Waals surface area contributed by atoms with Crippen LogP contribution in [0.4, 0.5) is 0 Å². The van der Waals surface area contributed by atoms with Crippen molar-refractivity contribution >= 4 is 28.8 Å². The Bertz CT molecular complexity index is 1130. The monoisotopic (exact) mass is 373 g/mol. The molecule has 0 aliphatic carbocycles. The number of carbonyl (C=O) groups excluding carboxylic acids is 1. The molecule has 0 atom stereocenters. The maximum Gasteiger partial charge on any atom is 0.189 e. The third-order valence-corrected chi connectivity index (χ3v) is 4.99. The summed E-state index contributed by atoms with van der Waals surface area (Å²) in [7, 11) is 3.63. The Labute approximate surface area is 164 Å². The third-order valence-electron chi connectivity index (χ3n) is 4.99. The van der Waals surface area contributed by atoms with Gasteiger partial charge in [-0.15, -0.1) is 0 Å². The summed E-state index contributed by atoms with van der Waals surface area (Å²) < 4.78 is 13.6. The molecule has 4 rings (SSSR count). The Morgan fingerprint density at radius 3 is 2.79 bits per heavy atom. The second-order valence-corrected chi connectivity index (χ2v) is 7.54. The van der Waals surface area contributed by atoms with Gasteiger partial charge in [0.05, 0.1) is 18.2 Å². The number of aryl methyl sites for hydroxylation is 1. The van der Waals surface area contributed by atoms with E-state index in [2.05, 4.69) is 22.8 Å². The number of nitrogens with zero attached hydrogens (tertiary/aromatic N) is 1. The van der Waals surface area contributed by atoms with Crippen molar-refractivity contribution in [3.8, 4) is 11.5 Å². The van der Waals surface area contributed by atoms with Crippen molar-refractivity contribution in [1.82, 2.24) is 4.57 Å². The Balaban J connectivity index is 1.68. The van der Waals surface area contributed by atoms with E-state index in [1.807, 2.05) is 57.5 Å². The molecule has 0 unspecified atom stereocenters. The minimum atomic E-state index is -0.476. The lowest BCUT2D eigenvalue weighted by atomic mass is 9.97. The summed E-state index contributed by atoms with van der Waals surface area (Å²) in [5.74, 6) is 1.16. The highest BCUT2D eigenvalue weighted by Crippen LogP contribution is 2.39. The number of ketones is 1. The van der Waals surface area contributed by atoms with Gasteiger partial charge in [-0.3, -0.25) is 4.79 Å². The fraction of sp³-hybridized carbons (Fsp3) is 0.208. The molecule has 0 spiro atoms. The van der Waals surface area contributed by atoms with Gasteiger partial charge in [0, 0.05) is 24.1 Å². The Morgan fingerprint density at radius 1 is 1.18 bits per heavy atom. The van der Waals surface area contributed by atoms with E-state index in [1.165, 1.54) is 0 Å². The number of fused-ring (bicyclic) bond motifs is 2. The molecule has 0 saturated carbocycles. The van der Waals surface area contributed by atoms with Gasteiger partial charge < -0.3 is 14.0 Å². The van der Waals surface area contributed by atoms with E-state index in [9.17, 15) is 4.79 Å². The fourth-order valence-corrected chi connectivity index (χ4v) is 3.47. The number of rotatable bonds is 4. The number of carbonyl (C=O) groups is 1. The van der Waals surface area contributed by atoms with Crippen LogP contribution in [-0.4, -0.2) is 23.1 Å². The second-order valence-electron chi connectivity index (χ2n) is 7.54. The fourth-order valence-electron chi connectivity index (χ4n) is 3.47. The standard InChI is InChI=1S/C24H23NO3/c1-24(2)13-11-19-22(27-4)10-7-18(23(19)28-24)21(26)9-6-16-5-8-20-17(15-16)12-14-25(20)3/h5-15H,1-4H3/b9-6+. The summed E-state index contributed by atoms with van der Waals surface area (Å²) in [6.45, 7) is 3.93. The topological polar surface area (TPSA) is 40.5 Å². The van der Waals surface area contributed by atoms with Crippen molar-refractivity contribution in [2.24, 2.45) is 7.05 Å². The first-order valence-electron chi connectivity index (χ1n) is 9.25. The average molecular weight is 373 g/mol. The molecule has 142 valence electrons. The Morgan fingerprint density at radius 2 is 2.00 bits per heavy atom. The first kappa shape index (κ1) is 18.1. The molecule has 1 aliphatic rings. The van der Waals surface area contributed by atoms with Crippen molar-refractivity contribution in [1.29, 1.82) is 0 Å². The van der Waals surface area contributed by atoms with Gasteiger partial charge in [-0.1, -0.05) is 12.1 Å². The minimum Gasteiger partial charge on any atom is -0.496 e. The molecular weight excluding hydrogens is 350 g/mol. The Hall–Kier alpha value is -3.27. The lowest BCUT2D eigenvalue weighted by Gasteiger charge is -2.29. The molecule has 0 fully saturated rings. The van der Waals surface area contributed by atoms with Crippen LogP contribution in [0.3, 0.4) is 0 Å². The number of aromatic nitrogens is 1. The van der Waals surface area contributed by atoms with Gasteiger partial charge >= 0.3 is 0 Å². The van der Waals surface area contributed by atoms with Crippen LogP contribution in [0.2, 0.25) is 0 Å². The molecular formula is C24H23NO3. The van der Waals surface area contributed by atoms with Crippen LogP contribution in [-0.2, 0) is 7.05 Å². The first-order chi connectivity index (χ1) is 13.4. The van der Waals surface area contributed by atoms with Crippen molar-refractivity contribution in [2.75, 3.05) is 7.11 Å². The SMILES string of the molecule is COc1ccc(C(=O)/C=C/c2ccc3c(ccn3C)c2)c2c1C=CC(C)(C)O2. The van der Waals surface area contributed by atoms with Gasteiger partial charge in [0.1, 0.15) is 17.1 Å². The molecule has 0 bridgehead atoms. The summed E-state index contributed by atoms with van der Waals surface area (Å²) in [5, 5.41) is 1.15. The summed E-state index contributed by atoms with van der Waals surface area (Å²) in [6, 6.07) is 11.8. The minimum absolute atomic E-state index is 0.0989. The molecule has 0 radical (unpaired) electrons. The van der Waals surface area contributed by atoms with Crippen LogP contribution in [0.15, 0.2) is 54.7 Å². The molecule has 4 nitrogen and oxygen atoms in total. The van der Waals surface area contributed by atoms with Gasteiger partial charge in [-0.05, 0) is 68.0 Å². The molecule has 3 aromatic rings. The average Bonchev–Trinajstić information content (AvgIpc) is 3.04. The van der Waals surface area contributed by atoms with Crippen LogP contribution in [0, 0.1) is 0 Å². The highest BCUT2D eigenvalue weighted by atomic mass is 16.5. The van der Waals surface area contributed by atoms with Crippen molar-refractivity contribution in [3.63, 3.8) is 0 Å². The molecule has 0 amide bonds. The highest BCUT2D eigenvalue weighted by molar-refractivity contribution is 6.09. The van der Waals surface area contributed by atoms with E-state index >= 15 is 0 Å². The Kier molecular flexibility index (Phi) is 4.34. The van der Waals surface area contributed by atoms with Crippen molar-refractivity contribution < 1.29 is 14.3 Å². The van der Waals surface area contributed by atoms with E-state index in [-0.39, 0.29) is 5.78 Å². The zero-order chi connectivity index (χ0) is 19.9. The van der Waals surface area contributed by atoms with E-state index in [1.54, 1.807) is 19.3 Å². The van der Waals surface area contributed by atoms with E-state index in [4.69, 9.17) is 9.47 Å². The van der Waals surface area contributed by atoms with Gasteiger partial charge in [0.15, 0.2) is 5.78 Å². The maximum absolute atomic E-state index is 12.9. The zero-order valence-corrected chi connectivity index (χ0v) is 16.5. The third kappa shape index (κ3) is 3.22. The van der Waals surface area contributed by atoms with Crippen LogP contribution in [0.1, 0.15) is 35.3 Å². The molecule has 4 heteroatoms.